The van der Waals surface area contributed by atoms with E-state index in [-0.39, 0.29) is 0 Å². The van der Waals surface area contributed by atoms with Gasteiger partial charge in [-0.1, -0.05) is 17.7 Å². The van der Waals surface area contributed by atoms with Crippen LogP contribution in [0.2, 0.25) is 5.02 Å². The summed E-state index contributed by atoms with van der Waals surface area (Å²) in [5.74, 6) is 0.629. The largest absolute Gasteiger partial charge is 0.399 e. The number of halogens is 1. The lowest BCUT2D eigenvalue weighted by Gasteiger charge is -2.07. The van der Waals surface area contributed by atoms with Crippen LogP contribution in [0.25, 0.3) is 0 Å². The Labute approximate surface area is 92.9 Å². The van der Waals surface area contributed by atoms with Crippen LogP contribution in [0.4, 0.5) is 17.2 Å². The number of aromatic nitrogens is 1. The Hall–Kier alpha value is -1.74. The van der Waals surface area contributed by atoms with Crippen LogP contribution in [0.5, 0.6) is 0 Å². The van der Waals surface area contributed by atoms with E-state index in [4.69, 9.17) is 17.3 Å². The second-order valence-corrected chi connectivity index (χ2v) is 3.49. The van der Waals surface area contributed by atoms with Crippen molar-refractivity contribution < 1.29 is 0 Å². The van der Waals surface area contributed by atoms with Crippen molar-refractivity contribution in [3.63, 3.8) is 0 Å². The molecular weight excluding hydrogens is 210 g/mol. The molecule has 3 nitrogen and oxygen atoms in total. The van der Waals surface area contributed by atoms with Crippen molar-refractivity contribution in [2.24, 2.45) is 0 Å². The second-order valence-electron chi connectivity index (χ2n) is 3.08. The zero-order chi connectivity index (χ0) is 10.7. The maximum atomic E-state index is 5.96. The van der Waals surface area contributed by atoms with Crippen molar-refractivity contribution in [1.29, 1.82) is 0 Å². The van der Waals surface area contributed by atoms with E-state index in [1.54, 1.807) is 18.3 Å². The average molecular weight is 220 g/mol. The first-order valence-electron chi connectivity index (χ1n) is 4.49. The van der Waals surface area contributed by atoms with E-state index in [1.165, 1.54) is 0 Å². The normalized spacial score (nSPS) is 9.93. The van der Waals surface area contributed by atoms with Gasteiger partial charge in [0.2, 0.25) is 0 Å². The van der Waals surface area contributed by atoms with Gasteiger partial charge in [-0.3, -0.25) is 0 Å². The van der Waals surface area contributed by atoms with Gasteiger partial charge in [0, 0.05) is 17.6 Å². The van der Waals surface area contributed by atoms with E-state index in [0.717, 1.165) is 5.69 Å². The number of rotatable bonds is 2. The molecule has 0 aliphatic rings. The maximum Gasteiger partial charge on any atom is 0.149 e. The van der Waals surface area contributed by atoms with Crippen LogP contribution in [0.1, 0.15) is 0 Å². The van der Waals surface area contributed by atoms with E-state index >= 15 is 0 Å². The monoisotopic (exact) mass is 219 g/mol. The lowest BCUT2D eigenvalue weighted by molar-refractivity contribution is 1.31. The molecule has 1 heterocycles. The maximum absolute atomic E-state index is 5.96. The van der Waals surface area contributed by atoms with E-state index in [1.807, 2.05) is 24.3 Å². The Kier molecular flexibility index (Phi) is 2.74. The predicted molar refractivity (Wildman–Crippen MR) is 63.4 cm³/mol. The Balaban J connectivity index is 2.26. The van der Waals surface area contributed by atoms with Crippen molar-refractivity contribution in [2.45, 2.75) is 0 Å². The molecule has 76 valence electrons. The molecule has 2 rings (SSSR count). The Morgan fingerprint density at radius 3 is 2.80 bits per heavy atom. The minimum absolute atomic E-state index is 0.583. The number of benzene rings is 1. The summed E-state index contributed by atoms with van der Waals surface area (Å²) in [6.07, 6.45) is 1.68. The van der Waals surface area contributed by atoms with Gasteiger partial charge in [-0.25, -0.2) is 4.98 Å². The van der Waals surface area contributed by atoms with Crippen LogP contribution in [0.15, 0.2) is 42.6 Å². The average Bonchev–Trinajstić information content (AvgIpc) is 2.22. The topological polar surface area (TPSA) is 50.9 Å². The van der Waals surface area contributed by atoms with Gasteiger partial charge in [0.25, 0.3) is 0 Å². The van der Waals surface area contributed by atoms with Crippen LogP contribution in [-0.4, -0.2) is 4.98 Å². The molecule has 0 spiro atoms. The molecule has 1 aromatic carbocycles. The summed E-state index contributed by atoms with van der Waals surface area (Å²) >= 11 is 5.96. The highest BCUT2D eigenvalue weighted by atomic mass is 35.5. The third-order valence-corrected chi connectivity index (χ3v) is 2.21. The molecule has 0 saturated carbocycles. The van der Waals surface area contributed by atoms with E-state index < -0.39 is 0 Å². The molecule has 0 aliphatic heterocycles. The summed E-state index contributed by atoms with van der Waals surface area (Å²) in [5.41, 5.74) is 7.23. The number of hydrogen-bond donors (Lipinski definition) is 2. The van der Waals surface area contributed by atoms with Crippen LogP contribution in [-0.2, 0) is 0 Å². The summed E-state index contributed by atoms with van der Waals surface area (Å²) in [5, 5.41) is 3.67. The molecule has 0 fully saturated rings. The Bertz CT molecular complexity index is 471. The number of pyridine rings is 1. The molecule has 0 radical (unpaired) electrons. The van der Waals surface area contributed by atoms with Gasteiger partial charge in [-0.05, 0) is 30.3 Å². The SMILES string of the molecule is Nc1cccc(Nc2ncccc2Cl)c1. The van der Waals surface area contributed by atoms with Gasteiger partial charge in [0.05, 0.1) is 5.02 Å². The van der Waals surface area contributed by atoms with Crippen LogP contribution in [0.3, 0.4) is 0 Å². The summed E-state index contributed by atoms with van der Waals surface area (Å²) < 4.78 is 0. The summed E-state index contributed by atoms with van der Waals surface area (Å²) in [4.78, 5) is 4.12. The van der Waals surface area contributed by atoms with E-state index in [2.05, 4.69) is 10.3 Å². The highest BCUT2D eigenvalue weighted by Crippen LogP contribution is 2.23. The van der Waals surface area contributed by atoms with Crippen molar-refractivity contribution in [2.75, 3.05) is 11.1 Å². The molecule has 0 amide bonds. The summed E-state index contributed by atoms with van der Waals surface area (Å²) in [6.45, 7) is 0. The van der Waals surface area contributed by atoms with Crippen molar-refractivity contribution in [1.82, 2.24) is 4.98 Å². The highest BCUT2D eigenvalue weighted by Gasteiger charge is 2.00. The number of nitrogens with zero attached hydrogens (tertiary/aromatic N) is 1. The molecule has 0 atom stereocenters. The highest BCUT2D eigenvalue weighted by molar-refractivity contribution is 6.33. The Morgan fingerprint density at radius 2 is 2.07 bits per heavy atom. The van der Waals surface area contributed by atoms with Crippen LogP contribution < -0.4 is 11.1 Å². The van der Waals surface area contributed by atoms with Gasteiger partial charge < -0.3 is 11.1 Å². The number of nitrogens with two attached hydrogens (primary N) is 1. The van der Waals surface area contributed by atoms with E-state index in [9.17, 15) is 0 Å². The smallest absolute Gasteiger partial charge is 0.149 e. The first-order valence-corrected chi connectivity index (χ1v) is 4.86. The fraction of sp³-hybridized carbons (Fsp3) is 0. The van der Waals surface area contributed by atoms with Crippen LogP contribution in [0, 0.1) is 0 Å². The molecule has 0 unspecified atom stereocenters. The predicted octanol–water partition coefficient (Wildman–Crippen LogP) is 3.06. The van der Waals surface area contributed by atoms with Gasteiger partial charge in [0.15, 0.2) is 0 Å². The van der Waals surface area contributed by atoms with Crippen molar-refractivity contribution in [3.8, 4) is 0 Å². The van der Waals surface area contributed by atoms with Gasteiger partial charge in [-0.15, -0.1) is 0 Å². The third-order valence-electron chi connectivity index (χ3n) is 1.91. The van der Waals surface area contributed by atoms with Crippen LogP contribution >= 0.6 is 11.6 Å². The molecule has 4 heteroatoms. The quantitative estimate of drug-likeness (QED) is 0.764. The zero-order valence-corrected chi connectivity index (χ0v) is 8.70. The minimum Gasteiger partial charge on any atom is -0.399 e. The number of anilines is 3. The lowest BCUT2D eigenvalue weighted by atomic mass is 10.3. The molecule has 2 aromatic rings. The fourth-order valence-corrected chi connectivity index (χ4v) is 1.40. The second kappa shape index (κ2) is 4.19. The first kappa shape index (κ1) is 9.80. The summed E-state index contributed by atoms with van der Waals surface area (Å²) in [7, 11) is 0. The molecule has 3 N–H and O–H groups in total. The first-order chi connectivity index (χ1) is 7.25. The molecule has 0 aliphatic carbocycles. The molecular formula is C11H10ClN3. The summed E-state index contributed by atoms with van der Waals surface area (Å²) in [6, 6.07) is 11.0. The standard InChI is InChI=1S/C11H10ClN3/c12-10-5-2-6-14-11(10)15-9-4-1-3-8(13)7-9/h1-7H,13H2,(H,14,15). The molecule has 0 bridgehead atoms. The van der Waals surface area contributed by atoms with Gasteiger partial charge >= 0.3 is 0 Å². The van der Waals surface area contributed by atoms with Gasteiger partial charge in [-0.2, -0.15) is 0 Å². The van der Waals surface area contributed by atoms with Crippen molar-refractivity contribution >= 4 is 28.8 Å². The molecule has 1 aromatic heterocycles. The van der Waals surface area contributed by atoms with Gasteiger partial charge in [0.1, 0.15) is 5.82 Å². The lowest BCUT2D eigenvalue weighted by Crippen LogP contribution is -1.94. The number of nitrogen functional groups attached to an aromatic ring is 1. The van der Waals surface area contributed by atoms with E-state index in [0.29, 0.717) is 16.5 Å². The Morgan fingerprint density at radius 1 is 1.20 bits per heavy atom. The molecule has 15 heavy (non-hydrogen) atoms. The van der Waals surface area contributed by atoms with Crippen molar-refractivity contribution in [3.05, 3.63) is 47.6 Å². The third kappa shape index (κ3) is 2.39. The number of nitrogens with one attached hydrogen (secondary N) is 1. The fourth-order valence-electron chi connectivity index (χ4n) is 1.23. The zero-order valence-electron chi connectivity index (χ0n) is 7.94. The number of hydrogen-bond acceptors (Lipinski definition) is 3. The minimum atomic E-state index is 0.583. The molecule has 0 saturated heterocycles.